The number of benzene rings is 2. The van der Waals surface area contributed by atoms with Crippen molar-refractivity contribution >= 4 is 42.4 Å². The van der Waals surface area contributed by atoms with Gasteiger partial charge < -0.3 is 20.0 Å². The average Bonchev–Trinajstić information content (AvgIpc) is 3.04. The zero-order valence-corrected chi connectivity index (χ0v) is 15.5. The van der Waals surface area contributed by atoms with Gasteiger partial charge in [0.1, 0.15) is 11.8 Å². The van der Waals surface area contributed by atoms with Crippen molar-refractivity contribution in [1.29, 1.82) is 0 Å². The molecule has 2 aromatic rings. The lowest BCUT2D eigenvalue weighted by Crippen LogP contribution is -2.43. The Morgan fingerprint density at radius 3 is 2.64 bits per heavy atom. The van der Waals surface area contributed by atoms with Gasteiger partial charge in [-0.3, -0.25) is 9.36 Å². The predicted molar refractivity (Wildman–Crippen MR) is 101 cm³/mol. The highest BCUT2D eigenvalue weighted by Crippen LogP contribution is 2.48. The van der Waals surface area contributed by atoms with Gasteiger partial charge in [0.2, 0.25) is 5.91 Å². The molecule has 25 heavy (non-hydrogen) atoms. The fourth-order valence-electron chi connectivity index (χ4n) is 3.25. The number of amides is 1. The van der Waals surface area contributed by atoms with Gasteiger partial charge in [0.25, 0.3) is 0 Å². The average molecular weight is 385 g/mol. The van der Waals surface area contributed by atoms with Gasteiger partial charge in [0.05, 0.1) is 0 Å². The van der Waals surface area contributed by atoms with Crippen molar-refractivity contribution < 1.29 is 19.1 Å². The summed E-state index contributed by atoms with van der Waals surface area (Å²) in [7, 11) is -4.31. The van der Waals surface area contributed by atoms with Crippen LogP contribution in [0.15, 0.2) is 42.5 Å². The van der Waals surface area contributed by atoms with Gasteiger partial charge in [-0.25, -0.2) is 0 Å². The van der Waals surface area contributed by atoms with Crippen LogP contribution in [0.1, 0.15) is 19.8 Å². The number of likely N-dealkylation sites (tertiary alicyclic amines) is 1. The van der Waals surface area contributed by atoms with Gasteiger partial charge in [0.15, 0.2) is 0 Å². The van der Waals surface area contributed by atoms with Gasteiger partial charge in [-0.15, -0.1) is 12.4 Å². The first-order valence-corrected chi connectivity index (χ1v) is 9.66. The summed E-state index contributed by atoms with van der Waals surface area (Å²) in [4.78, 5) is 32.9. The van der Waals surface area contributed by atoms with Gasteiger partial charge >= 0.3 is 7.60 Å². The molecule has 2 atom stereocenters. The Kier molecular flexibility index (Phi) is 6.12. The molecule has 3 rings (SSSR count). The van der Waals surface area contributed by atoms with Crippen LogP contribution < -0.4 is 5.32 Å². The van der Waals surface area contributed by atoms with E-state index in [-0.39, 0.29) is 18.3 Å². The quantitative estimate of drug-likeness (QED) is 0.704. The van der Waals surface area contributed by atoms with E-state index >= 15 is 0 Å². The van der Waals surface area contributed by atoms with Crippen molar-refractivity contribution in [2.75, 3.05) is 11.9 Å². The Morgan fingerprint density at radius 1 is 1.24 bits per heavy atom. The fourth-order valence-corrected chi connectivity index (χ4v) is 4.36. The van der Waals surface area contributed by atoms with Crippen LogP contribution in [0.2, 0.25) is 0 Å². The number of nitrogens with zero attached hydrogens (tertiary/aromatic N) is 1. The first kappa shape index (κ1) is 19.7. The van der Waals surface area contributed by atoms with Gasteiger partial charge in [-0.2, -0.15) is 0 Å². The molecule has 0 radical (unpaired) electrons. The maximum atomic E-state index is 12.7. The van der Waals surface area contributed by atoms with Crippen LogP contribution in [-0.4, -0.2) is 39.0 Å². The van der Waals surface area contributed by atoms with Crippen LogP contribution in [-0.2, 0) is 9.36 Å². The summed E-state index contributed by atoms with van der Waals surface area (Å²) in [6.07, 6.45) is 0.958. The molecule has 8 heteroatoms. The molecule has 1 fully saturated rings. The molecule has 0 unspecified atom stereocenters. The summed E-state index contributed by atoms with van der Waals surface area (Å²) in [6, 6.07) is 13.1. The van der Waals surface area contributed by atoms with Crippen molar-refractivity contribution in [3.8, 4) is 0 Å². The largest absolute Gasteiger partial charge is 0.373 e. The van der Waals surface area contributed by atoms with E-state index in [0.717, 1.165) is 16.5 Å². The Morgan fingerprint density at radius 2 is 1.92 bits per heavy atom. The molecule has 0 spiro atoms. The molecule has 6 nitrogen and oxygen atoms in total. The minimum Gasteiger partial charge on any atom is -0.373 e. The first-order valence-electron chi connectivity index (χ1n) is 7.98. The van der Waals surface area contributed by atoms with E-state index in [1.807, 2.05) is 42.5 Å². The minimum absolute atomic E-state index is 0. The number of hydrogen-bond donors (Lipinski definition) is 3. The number of anilines is 1. The highest BCUT2D eigenvalue weighted by molar-refractivity contribution is 7.52. The highest BCUT2D eigenvalue weighted by Gasteiger charge is 2.41. The zero-order valence-electron chi connectivity index (χ0n) is 13.8. The monoisotopic (exact) mass is 384 g/mol. The molecule has 1 aliphatic heterocycles. The molecule has 1 amide bonds. The van der Waals surface area contributed by atoms with Crippen LogP contribution in [0.25, 0.3) is 10.8 Å². The molecule has 0 aromatic heterocycles. The van der Waals surface area contributed by atoms with E-state index in [4.69, 9.17) is 0 Å². The fraction of sp³-hybridized carbons (Fsp3) is 0.353. The summed E-state index contributed by atoms with van der Waals surface area (Å²) in [6.45, 7) is 2.11. The topological polar surface area (TPSA) is 89.9 Å². The second-order valence-electron chi connectivity index (χ2n) is 6.14. The highest BCUT2D eigenvalue weighted by atomic mass is 35.5. The predicted octanol–water partition coefficient (Wildman–Crippen LogP) is 3.19. The normalized spacial score (nSPS) is 18.7. The standard InChI is InChI=1S/C17H21N2O4P.ClH/c1-12(17(20)19-11-5-10-16(19)24(21,22)23)18-15-9-4-7-13-6-2-3-8-14(13)15;/h2-4,6-9,12,16,18H,5,10-11H2,1H3,(H2,21,22,23);1H/t12-,16+;/m0./s1. The Balaban J connectivity index is 0.00000225. The third-order valence-corrected chi connectivity index (χ3v) is 5.74. The Hall–Kier alpha value is -1.59. The molecule has 3 N–H and O–H groups in total. The van der Waals surface area contributed by atoms with Crippen molar-refractivity contribution in [2.24, 2.45) is 0 Å². The van der Waals surface area contributed by atoms with E-state index < -0.39 is 19.4 Å². The Bertz CT molecular complexity index is 805. The van der Waals surface area contributed by atoms with Crippen molar-refractivity contribution in [1.82, 2.24) is 4.90 Å². The van der Waals surface area contributed by atoms with Crippen LogP contribution in [0, 0.1) is 0 Å². The first-order chi connectivity index (χ1) is 11.4. The molecular formula is C17H22ClN2O4P. The maximum absolute atomic E-state index is 12.7. The van der Waals surface area contributed by atoms with Crippen LogP contribution in [0.4, 0.5) is 5.69 Å². The maximum Gasteiger partial charge on any atom is 0.347 e. The SMILES string of the molecule is C[C@H](Nc1cccc2ccccc12)C(=O)N1CCC[C@H]1P(=O)(O)O.Cl. The summed E-state index contributed by atoms with van der Waals surface area (Å²) in [5, 5.41) is 5.26. The third-order valence-electron chi connectivity index (χ3n) is 4.42. The number of carbonyl (C=O) groups is 1. The summed E-state index contributed by atoms with van der Waals surface area (Å²) in [5.74, 6) is -1.28. The number of rotatable bonds is 4. The molecule has 1 heterocycles. The summed E-state index contributed by atoms with van der Waals surface area (Å²) >= 11 is 0. The molecule has 0 saturated carbocycles. The van der Waals surface area contributed by atoms with E-state index in [9.17, 15) is 19.1 Å². The number of halogens is 1. The number of fused-ring (bicyclic) bond motifs is 1. The molecule has 0 bridgehead atoms. The minimum atomic E-state index is -4.31. The molecule has 0 aliphatic carbocycles. The lowest BCUT2D eigenvalue weighted by atomic mass is 10.1. The Labute approximate surface area is 152 Å². The molecule has 1 saturated heterocycles. The number of nitrogens with one attached hydrogen (secondary N) is 1. The summed E-state index contributed by atoms with van der Waals surface area (Å²) in [5.41, 5.74) is 0.834. The zero-order chi connectivity index (χ0) is 17.3. The van der Waals surface area contributed by atoms with Gasteiger partial charge in [-0.05, 0) is 31.2 Å². The van der Waals surface area contributed by atoms with Crippen LogP contribution >= 0.6 is 20.0 Å². The van der Waals surface area contributed by atoms with E-state index in [1.54, 1.807) is 6.92 Å². The second-order valence-corrected chi connectivity index (χ2v) is 7.91. The second kappa shape index (κ2) is 7.75. The number of carbonyl (C=O) groups excluding carboxylic acids is 1. The lowest BCUT2D eigenvalue weighted by Gasteiger charge is -2.28. The van der Waals surface area contributed by atoms with E-state index in [0.29, 0.717) is 19.4 Å². The van der Waals surface area contributed by atoms with Crippen molar-refractivity contribution in [3.63, 3.8) is 0 Å². The molecular weight excluding hydrogens is 363 g/mol. The smallest absolute Gasteiger partial charge is 0.347 e. The lowest BCUT2D eigenvalue weighted by molar-refractivity contribution is -0.131. The third kappa shape index (κ3) is 4.15. The molecule has 1 aliphatic rings. The van der Waals surface area contributed by atoms with E-state index in [2.05, 4.69) is 5.32 Å². The number of hydrogen-bond acceptors (Lipinski definition) is 3. The van der Waals surface area contributed by atoms with Gasteiger partial charge in [-0.1, -0.05) is 36.4 Å². The van der Waals surface area contributed by atoms with Gasteiger partial charge in [0, 0.05) is 17.6 Å². The van der Waals surface area contributed by atoms with Crippen LogP contribution in [0.5, 0.6) is 0 Å². The summed E-state index contributed by atoms with van der Waals surface area (Å²) < 4.78 is 11.6. The van der Waals surface area contributed by atoms with Crippen LogP contribution in [0.3, 0.4) is 0 Å². The van der Waals surface area contributed by atoms with Crippen molar-refractivity contribution in [3.05, 3.63) is 42.5 Å². The van der Waals surface area contributed by atoms with Crippen molar-refractivity contribution in [2.45, 2.75) is 31.6 Å². The molecule has 2 aromatic carbocycles. The molecule has 136 valence electrons. The van der Waals surface area contributed by atoms with E-state index in [1.165, 1.54) is 4.90 Å².